The molecular weight excluding hydrogens is 290 g/mol. The first kappa shape index (κ1) is 15.5. The molecule has 3 rings (SSSR count). The summed E-state index contributed by atoms with van der Waals surface area (Å²) >= 11 is 0. The van der Waals surface area contributed by atoms with Gasteiger partial charge < -0.3 is 9.64 Å². The Morgan fingerprint density at radius 2 is 2.04 bits per heavy atom. The lowest BCUT2D eigenvalue weighted by Gasteiger charge is -2.39. The maximum atomic E-state index is 12.4. The minimum Gasteiger partial charge on any atom is -0.482 e. The van der Waals surface area contributed by atoms with Crippen molar-refractivity contribution in [2.75, 3.05) is 33.3 Å². The number of rotatable bonds is 4. The van der Waals surface area contributed by atoms with Crippen LogP contribution in [0.5, 0.6) is 5.75 Å². The van der Waals surface area contributed by atoms with Crippen molar-refractivity contribution in [1.29, 1.82) is 0 Å². The van der Waals surface area contributed by atoms with Gasteiger partial charge in [0.2, 0.25) is 0 Å². The minimum atomic E-state index is 0.0166. The third-order valence-electron chi connectivity index (χ3n) is 4.18. The number of benzene rings is 1. The van der Waals surface area contributed by atoms with E-state index in [9.17, 15) is 4.79 Å². The monoisotopic (exact) mass is 311 g/mol. The molecule has 23 heavy (non-hydrogen) atoms. The molecule has 2 aromatic rings. The van der Waals surface area contributed by atoms with Gasteiger partial charge in [0, 0.05) is 25.8 Å². The lowest BCUT2D eigenvalue weighted by atomic mass is 10.0. The van der Waals surface area contributed by atoms with Crippen LogP contribution in [0.15, 0.2) is 54.9 Å². The first-order chi connectivity index (χ1) is 11.2. The van der Waals surface area contributed by atoms with Crippen molar-refractivity contribution in [3.8, 4) is 5.75 Å². The molecule has 1 amide bonds. The summed E-state index contributed by atoms with van der Waals surface area (Å²) in [6, 6.07) is 14.1. The molecule has 5 heteroatoms. The third-order valence-corrected chi connectivity index (χ3v) is 4.18. The van der Waals surface area contributed by atoms with Crippen molar-refractivity contribution < 1.29 is 9.53 Å². The second-order valence-electron chi connectivity index (χ2n) is 5.72. The zero-order valence-corrected chi connectivity index (χ0v) is 13.3. The van der Waals surface area contributed by atoms with Gasteiger partial charge in [0.1, 0.15) is 5.75 Å². The number of hydrogen-bond donors (Lipinski definition) is 0. The number of pyridine rings is 1. The van der Waals surface area contributed by atoms with E-state index < -0.39 is 0 Å². The van der Waals surface area contributed by atoms with Crippen molar-refractivity contribution in [1.82, 2.24) is 14.8 Å². The maximum Gasteiger partial charge on any atom is 0.260 e. The van der Waals surface area contributed by atoms with Crippen LogP contribution in [-0.2, 0) is 4.79 Å². The largest absolute Gasteiger partial charge is 0.482 e. The van der Waals surface area contributed by atoms with E-state index in [0.29, 0.717) is 12.3 Å². The molecule has 1 fully saturated rings. The highest BCUT2D eigenvalue weighted by Crippen LogP contribution is 2.23. The number of piperazine rings is 1. The van der Waals surface area contributed by atoms with Gasteiger partial charge in [0.15, 0.2) is 6.61 Å². The van der Waals surface area contributed by atoms with Crippen LogP contribution >= 0.6 is 0 Å². The van der Waals surface area contributed by atoms with Crippen LogP contribution in [0.3, 0.4) is 0 Å². The van der Waals surface area contributed by atoms with Gasteiger partial charge in [0.05, 0.1) is 12.2 Å². The van der Waals surface area contributed by atoms with E-state index in [1.807, 2.05) is 23.1 Å². The Hall–Kier alpha value is -2.40. The molecule has 0 bridgehead atoms. The highest BCUT2D eigenvalue weighted by atomic mass is 16.5. The predicted molar refractivity (Wildman–Crippen MR) is 88.1 cm³/mol. The molecule has 0 N–H and O–H groups in total. The standard InChI is InChI=1S/C18H21N3O2/c1-20-10-11-21(13-17(20)15-6-3-2-4-7-15)18(22)14-23-16-8-5-9-19-12-16/h2-9,12,17H,10-11,13-14H2,1H3/t17-/m0/s1. The van der Waals surface area contributed by atoms with Gasteiger partial charge >= 0.3 is 0 Å². The second kappa shape index (κ2) is 7.24. The number of amides is 1. The first-order valence-corrected chi connectivity index (χ1v) is 7.80. The van der Waals surface area contributed by atoms with E-state index >= 15 is 0 Å². The molecule has 120 valence electrons. The average Bonchev–Trinajstić information content (AvgIpc) is 2.62. The van der Waals surface area contributed by atoms with Gasteiger partial charge in [0.25, 0.3) is 5.91 Å². The number of hydrogen-bond acceptors (Lipinski definition) is 4. The molecule has 5 nitrogen and oxygen atoms in total. The fraction of sp³-hybridized carbons (Fsp3) is 0.333. The number of ether oxygens (including phenoxy) is 1. The third kappa shape index (κ3) is 3.87. The Balaban J connectivity index is 1.60. The Morgan fingerprint density at radius 1 is 1.22 bits per heavy atom. The Kier molecular flexibility index (Phi) is 4.88. The van der Waals surface area contributed by atoms with Crippen molar-refractivity contribution in [2.45, 2.75) is 6.04 Å². The Morgan fingerprint density at radius 3 is 2.78 bits per heavy atom. The zero-order chi connectivity index (χ0) is 16.1. The molecular formula is C18H21N3O2. The molecule has 1 atom stereocenters. The van der Waals surface area contributed by atoms with E-state index in [1.54, 1.807) is 24.5 Å². The summed E-state index contributed by atoms with van der Waals surface area (Å²) in [6.07, 6.45) is 3.30. The maximum absolute atomic E-state index is 12.4. The number of carbonyl (C=O) groups excluding carboxylic acids is 1. The number of likely N-dealkylation sites (N-methyl/N-ethyl adjacent to an activating group) is 1. The predicted octanol–water partition coefficient (Wildman–Crippen LogP) is 1.98. The van der Waals surface area contributed by atoms with Crippen LogP contribution in [0.2, 0.25) is 0 Å². The van der Waals surface area contributed by atoms with E-state index in [2.05, 4.69) is 29.1 Å². The van der Waals surface area contributed by atoms with Gasteiger partial charge in [-0.25, -0.2) is 0 Å². The molecule has 2 heterocycles. The fourth-order valence-corrected chi connectivity index (χ4v) is 2.80. The molecule has 1 aliphatic rings. The molecule has 1 aliphatic heterocycles. The SMILES string of the molecule is CN1CCN(C(=O)COc2cccnc2)C[C@H]1c1ccccc1. The Labute approximate surface area is 136 Å². The minimum absolute atomic E-state index is 0.0166. The summed E-state index contributed by atoms with van der Waals surface area (Å²) in [5.41, 5.74) is 1.24. The summed E-state index contributed by atoms with van der Waals surface area (Å²) in [7, 11) is 2.10. The van der Waals surface area contributed by atoms with Crippen molar-refractivity contribution in [2.24, 2.45) is 0 Å². The van der Waals surface area contributed by atoms with Gasteiger partial charge in [-0.05, 0) is 24.7 Å². The summed E-state index contributed by atoms with van der Waals surface area (Å²) in [4.78, 5) is 20.6. The lowest BCUT2D eigenvalue weighted by Crippen LogP contribution is -2.50. The summed E-state index contributed by atoms with van der Waals surface area (Å²) < 4.78 is 5.52. The van der Waals surface area contributed by atoms with Gasteiger partial charge in [-0.1, -0.05) is 30.3 Å². The van der Waals surface area contributed by atoms with Crippen molar-refractivity contribution in [3.63, 3.8) is 0 Å². The summed E-state index contributed by atoms with van der Waals surface area (Å²) in [6.45, 7) is 2.33. The molecule has 1 aromatic carbocycles. The zero-order valence-electron chi connectivity index (χ0n) is 13.3. The van der Waals surface area contributed by atoms with Crippen LogP contribution in [-0.4, -0.2) is 54.0 Å². The van der Waals surface area contributed by atoms with Gasteiger partial charge in [-0.2, -0.15) is 0 Å². The topological polar surface area (TPSA) is 45.7 Å². The molecule has 0 saturated carbocycles. The summed E-state index contributed by atoms with van der Waals surface area (Å²) in [5, 5.41) is 0. The smallest absolute Gasteiger partial charge is 0.260 e. The number of nitrogens with zero attached hydrogens (tertiary/aromatic N) is 3. The van der Waals surface area contributed by atoms with E-state index in [-0.39, 0.29) is 18.6 Å². The highest BCUT2D eigenvalue weighted by molar-refractivity contribution is 5.78. The van der Waals surface area contributed by atoms with Gasteiger partial charge in [-0.3, -0.25) is 14.7 Å². The molecule has 0 unspecified atom stereocenters. The van der Waals surface area contributed by atoms with E-state index in [0.717, 1.165) is 13.1 Å². The van der Waals surface area contributed by atoms with Crippen LogP contribution in [0.4, 0.5) is 0 Å². The number of carbonyl (C=O) groups is 1. The van der Waals surface area contributed by atoms with Crippen molar-refractivity contribution >= 4 is 5.91 Å². The number of aromatic nitrogens is 1. The first-order valence-electron chi connectivity index (χ1n) is 7.80. The lowest BCUT2D eigenvalue weighted by molar-refractivity contribution is -0.136. The van der Waals surface area contributed by atoms with Crippen LogP contribution in [0, 0.1) is 0 Å². The van der Waals surface area contributed by atoms with Crippen LogP contribution in [0.25, 0.3) is 0 Å². The quantitative estimate of drug-likeness (QED) is 0.866. The van der Waals surface area contributed by atoms with E-state index in [1.165, 1.54) is 5.56 Å². The molecule has 1 aromatic heterocycles. The molecule has 0 radical (unpaired) electrons. The molecule has 1 saturated heterocycles. The van der Waals surface area contributed by atoms with Crippen LogP contribution in [0.1, 0.15) is 11.6 Å². The van der Waals surface area contributed by atoms with Gasteiger partial charge in [-0.15, -0.1) is 0 Å². The van der Waals surface area contributed by atoms with Crippen molar-refractivity contribution in [3.05, 3.63) is 60.4 Å². The van der Waals surface area contributed by atoms with Crippen LogP contribution < -0.4 is 4.74 Å². The normalized spacial score (nSPS) is 18.7. The molecule has 0 aliphatic carbocycles. The summed E-state index contributed by atoms with van der Waals surface area (Å²) in [5.74, 6) is 0.637. The molecule has 0 spiro atoms. The van der Waals surface area contributed by atoms with E-state index in [4.69, 9.17) is 4.74 Å². The average molecular weight is 311 g/mol. The fourth-order valence-electron chi connectivity index (χ4n) is 2.80. The Bertz CT molecular complexity index is 633. The second-order valence-corrected chi connectivity index (χ2v) is 5.72. The highest BCUT2D eigenvalue weighted by Gasteiger charge is 2.28.